The lowest BCUT2D eigenvalue weighted by atomic mass is 10.1. The number of aliphatic hydroxyl groups excluding tert-OH is 5. The van der Waals surface area contributed by atoms with Gasteiger partial charge in [0.1, 0.15) is 31.0 Å². The van der Waals surface area contributed by atoms with Crippen LogP contribution in [0.5, 0.6) is 0 Å². The number of ketones is 2. The summed E-state index contributed by atoms with van der Waals surface area (Å²) in [6, 6.07) is 0. The standard InChI is InChI=1S/C12H26O23P4/c13-1-5(14)9(17)11(19)8(34-38(26,27)28)4-33-39(29,30)35-12(7(16)3-32-37(23,24)25)10(18)6(15)2-31-36(20,21)22/h5-6,8-10,12-15,17-18H,1-4H2,(H,29,30)(H2,20,21,22)(H2,23,24,25)(H2,26,27,28)/t5-,6-,8-,9-,10-,12-/m1/s1. The Morgan fingerprint density at radius 3 is 1.62 bits per heavy atom. The molecule has 0 fully saturated rings. The molecule has 12 N–H and O–H groups in total. The molecule has 0 aliphatic rings. The van der Waals surface area contributed by atoms with E-state index < -0.39 is 106 Å². The van der Waals surface area contributed by atoms with Crippen LogP contribution in [0.15, 0.2) is 0 Å². The first kappa shape index (κ1) is 38.6. The van der Waals surface area contributed by atoms with E-state index >= 15 is 0 Å². The Hall–Kier alpha value is -0.420. The first-order valence-electron chi connectivity index (χ1n) is 9.58. The van der Waals surface area contributed by atoms with Crippen LogP contribution in [0.1, 0.15) is 0 Å². The molecule has 0 amide bonds. The third-order valence-electron chi connectivity index (χ3n) is 3.87. The van der Waals surface area contributed by atoms with Crippen LogP contribution in [0.25, 0.3) is 0 Å². The van der Waals surface area contributed by atoms with Crippen molar-refractivity contribution in [2.45, 2.75) is 36.6 Å². The van der Waals surface area contributed by atoms with Gasteiger partial charge in [0.2, 0.25) is 0 Å². The smallest absolute Gasteiger partial charge is 0.394 e. The van der Waals surface area contributed by atoms with E-state index in [-0.39, 0.29) is 0 Å². The van der Waals surface area contributed by atoms with Crippen molar-refractivity contribution in [2.24, 2.45) is 0 Å². The zero-order chi connectivity index (χ0) is 31.0. The molecule has 0 bridgehead atoms. The summed E-state index contributed by atoms with van der Waals surface area (Å²) < 4.78 is 65.2. The SMILES string of the molecule is O=C(COP(=O)(O)O)[C@@H](OP(=O)(O)OC[C@@H](OP(=O)(O)O)C(=O)[C@H](O)[C@H](O)CO)[C@H](O)[C@H](O)COP(=O)(O)O. The van der Waals surface area contributed by atoms with Gasteiger partial charge in [-0.25, -0.2) is 18.3 Å². The van der Waals surface area contributed by atoms with Crippen molar-refractivity contribution in [1.29, 1.82) is 0 Å². The number of carbonyl (C=O) groups is 2. The highest BCUT2D eigenvalue weighted by Gasteiger charge is 2.42. The molecule has 0 rings (SSSR count). The van der Waals surface area contributed by atoms with E-state index in [2.05, 4.69) is 22.6 Å². The molecule has 1 unspecified atom stereocenters. The summed E-state index contributed by atoms with van der Waals surface area (Å²) >= 11 is 0. The maximum absolute atomic E-state index is 12.3. The first-order valence-corrected chi connectivity index (χ1v) is 15.7. The Bertz CT molecular complexity index is 997. The molecule has 0 aliphatic heterocycles. The molecule has 0 aromatic carbocycles. The van der Waals surface area contributed by atoms with Gasteiger partial charge >= 0.3 is 31.3 Å². The van der Waals surface area contributed by atoms with Crippen LogP contribution in [0, 0.1) is 0 Å². The molecule has 0 saturated heterocycles. The number of hydrogen-bond donors (Lipinski definition) is 12. The molecular weight excluding hydrogens is 636 g/mol. The van der Waals surface area contributed by atoms with Crippen molar-refractivity contribution in [2.75, 3.05) is 26.4 Å². The molecule has 7 atom stereocenters. The minimum absolute atomic E-state index is 1.25. The van der Waals surface area contributed by atoms with Crippen LogP contribution in [0.4, 0.5) is 0 Å². The fraction of sp³-hybridized carbons (Fsp3) is 0.833. The van der Waals surface area contributed by atoms with Crippen LogP contribution in [-0.2, 0) is 50.5 Å². The highest BCUT2D eigenvalue weighted by molar-refractivity contribution is 7.47. The Morgan fingerprint density at radius 2 is 1.18 bits per heavy atom. The van der Waals surface area contributed by atoms with Crippen LogP contribution in [0.2, 0.25) is 0 Å². The van der Waals surface area contributed by atoms with Gasteiger partial charge in [-0.1, -0.05) is 0 Å². The minimum atomic E-state index is -5.85. The summed E-state index contributed by atoms with van der Waals surface area (Å²) in [4.78, 5) is 86.7. The summed E-state index contributed by atoms with van der Waals surface area (Å²) in [5, 5.41) is 47.6. The van der Waals surface area contributed by atoms with Crippen LogP contribution >= 0.6 is 31.3 Å². The van der Waals surface area contributed by atoms with Gasteiger partial charge in [-0.05, 0) is 0 Å². The molecule has 0 saturated carbocycles. The quantitative estimate of drug-likeness (QED) is 0.0542. The third-order valence-corrected chi connectivity index (χ3v) is 6.32. The van der Waals surface area contributed by atoms with Gasteiger partial charge in [0.05, 0.1) is 19.8 Å². The van der Waals surface area contributed by atoms with E-state index in [1.165, 1.54) is 0 Å². The summed E-state index contributed by atoms with van der Waals surface area (Å²) in [6.45, 7) is -6.07. The van der Waals surface area contributed by atoms with Crippen molar-refractivity contribution < 1.29 is 110 Å². The predicted molar refractivity (Wildman–Crippen MR) is 115 cm³/mol. The Morgan fingerprint density at radius 1 is 0.667 bits per heavy atom. The van der Waals surface area contributed by atoms with E-state index in [4.69, 9.17) is 34.5 Å². The first-order chi connectivity index (χ1) is 17.4. The van der Waals surface area contributed by atoms with Gasteiger partial charge in [-0.2, -0.15) is 0 Å². The molecule has 0 aromatic rings. The number of phosphoric ester groups is 4. The highest BCUT2D eigenvalue weighted by Crippen LogP contribution is 2.47. The van der Waals surface area contributed by atoms with Gasteiger partial charge in [0, 0.05) is 0 Å². The lowest BCUT2D eigenvalue weighted by Crippen LogP contribution is -2.47. The van der Waals surface area contributed by atoms with Gasteiger partial charge < -0.3 is 59.8 Å². The number of Topliss-reactive ketones (excluding diaryl/α,β-unsaturated/α-hetero) is 2. The number of phosphoric acid groups is 4. The van der Waals surface area contributed by atoms with Crippen LogP contribution in [0.3, 0.4) is 0 Å². The Kier molecular flexibility index (Phi) is 15.5. The van der Waals surface area contributed by atoms with Gasteiger partial charge in [0.25, 0.3) is 0 Å². The topological polar surface area (TPSA) is 391 Å². The molecule has 0 aliphatic carbocycles. The second-order valence-corrected chi connectivity index (χ2v) is 12.1. The van der Waals surface area contributed by atoms with Gasteiger partial charge in [0.15, 0.2) is 23.8 Å². The van der Waals surface area contributed by atoms with E-state index in [9.17, 15) is 53.2 Å². The van der Waals surface area contributed by atoms with Gasteiger partial charge in [-0.3, -0.25) is 32.2 Å². The Labute approximate surface area is 216 Å². The van der Waals surface area contributed by atoms with Crippen molar-refractivity contribution in [3.8, 4) is 0 Å². The fourth-order valence-electron chi connectivity index (χ4n) is 2.16. The van der Waals surface area contributed by atoms with E-state index in [1.54, 1.807) is 0 Å². The number of rotatable bonds is 20. The molecular formula is C12H26O23P4. The predicted octanol–water partition coefficient (Wildman–Crippen LogP) is -5.24. The second-order valence-electron chi connectivity index (χ2n) is 7.05. The molecule has 0 radical (unpaired) electrons. The molecule has 23 nitrogen and oxygen atoms in total. The fourth-order valence-corrected chi connectivity index (χ4v) is 4.21. The summed E-state index contributed by atoms with van der Waals surface area (Å²) in [7, 11) is -22.1. The molecule has 0 heterocycles. The number of aliphatic hydroxyl groups is 5. The van der Waals surface area contributed by atoms with Crippen molar-refractivity contribution in [1.82, 2.24) is 0 Å². The zero-order valence-corrected chi connectivity index (χ0v) is 22.5. The van der Waals surface area contributed by atoms with Crippen LogP contribution < -0.4 is 0 Å². The van der Waals surface area contributed by atoms with Crippen molar-refractivity contribution >= 4 is 42.9 Å². The van der Waals surface area contributed by atoms with E-state index in [0.717, 1.165) is 0 Å². The molecule has 39 heavy (non-hydrogen) atoms. The maximum atomic E-state index is 12.3. The average Bonchev–Trinajstić information content (AvgIpc) is 2.78. The molecule has 232 valence electrons. The second kappa shape index (κ2) is 15.7. The van der Waals surface area contributed by atoms with Crippen molar-refractivity contribution in [3.05, 3.63) is 0 Å². The maximum Gasteiger partial charge on any atom is 0.473 e. The lowest BCUT2D eigenvalue weighted by molar-refractivity contribution is -0.145. The van der Waals surface area contributed by atoms with Crippen LogP contribution in [-0.4, -0.2) is 134 Å². The minimum Gasteiger partial charge on any atom is -0.394 e. The largest absolute Gasteiger partial charge is 0.473 e. The number of carbonyl (C=O) groups excluding carboxylic acids is 2. The summed E-state index contributed by atoms with van der Waals surface area (Å²) in [6.07, 6.45) is -15.6. The Balaban J connectivity index is 5.89. The number of hydrogen-bond acceptors (Lipinski definition) is 16. The average molecular weight is 662 g/mol. The highest BCUT2D eigenvalue weighted by atomic mass is 31.2. The van der Waals surface area contributed by atoms with E-state index in [1.807, 2.05) is 0 Å². The normalized spacial score (nSPS) is 19.4. The van der Waals surface area contributed by atoms with E-state index in [0.29, 0.717) is 0 Å². The van der Waals surface area contributed by atoms with Crippen molar-refractivity contribution in [3.63, 3.8) is 0 Å². The summed E-state index contributed by atoms with van der Waals surface area (Å²) in [5.41, 5.74) is 0. The molecule has 0 aromatic heterocycles. The zero-order valence-electron chi connectivity index (χ0n) is 18.9. The monoisotopic (exact) mass is 662 g/mol. The summed E-state index contributed by atoms with van der Waals surface area (Å²) in [5.74, 6) is -3.62. The molecule has 27 heteroatoms. The van der Waals surface area contributed by atoms with Gasteiger partial charge in [-0.15, -0.1) is 0 Å². The lowest BCUT2D eigenvalue weighted by Gasteiger charge is -2.28. The third kappa shape index (κ3) is 16.6. The molecule has 0 spiro atoms.